The van der Waals surface area contributed by atoms with Crippen LogP contribution < -0.4 is 4.80 Å². The molecule has 3 rings (SSSR count). The first-order chi connectivity index (χ1) is 8.91. The Morgan fingerprint density at radius 2 is 2.05 bits per heavy atom. The van der Waals surface area contributed by atoms with Gasteiger partial charge in [-0.05, 0) is 17.7 Å². The third kappa shape index (κ3) is 2.21. The van der Waals surface area contributed by atoms with Crippen molar-refractivity contribution in [2.24, 2.45) is 12.0 Å². The second kappa shape index (κ2) is 5.02. The van der Waals surface area contributed by atoms with Crippen molar-refractivity contribution in [1.82, 2.24) is 4.57 Å². The lowest BCUT2D eigenvalue weighted by molar-refractivity contribution is 0.602. The summed E-state index contributed by atoms with van der Waals surface area (Å²) in [6, 6.07) is 5.39. The SMILES string of the molecule is CN=c1sc2c(n1C)-c1cc(S(C)(=O)=O)ccc1C2.Cl. The minimum atomic E-state index is -3.17. The van der Waals surface area contributed by atoms with E-state index in [9.17, 15) is 8.42 Å². The van der Waals surface area contributed by atoms with Crippen molar-refractivity contribution in [2.45, 2.75) is 11.3 Å². The fourth-order valence-electron chi connectivity index (χ4n) is 2.49. The maximum Gasteiger partial charge on any atom is 0.184 e. The molecular weight excluding hydrogens is 316 g/mol. The van der Waals surface area contributed by atoms with Crippen LogP contribution in [0.5, 0.6) is 0 Å². The van der Waals surface area contributed by atoms with Gasteiger partial charge in [-0.3, -0.25) is 4.99 Å². The lowest BCUT2D eigenvalue weighted by Crippen LogP contribution is -2.11. The molecule has 0 saturated carbocycles. The number of nitrogens with zero attached hydrogens (tertiary/aromatic N) is 2. The maximum absolute atomic E-state index is 11.7. The predicted octanol–water partition coefficient (Wildman–Crippen LogP) is 2.01. The lowest BCUT2D eigenvalue weighted by Gasteiger charge is -2.05. The molecule has 0 fully saturated rings. The Balaban J connectivity index is 0.00000147. The number of rotatable bonds is 1. The number of halogens is 1. The van der Waals surface area contributed by atoms with Crippen molar-refractivity contribution < 1.29 is 8.42 Å². The van der Waals surface area contributed by atoms with E-state index in [-0.39, 0.29) is 12.4 Å². The van der Waals surface area contributed by atoms with Crippen LogP contribution >= 0.6 is 23.7 Å². The Bertz CT molecular complexity index is 848. The van der Waals surface area contributed by atoms with Gasteiger partial charge in [0, 0.05) is 37.2 Å². The zero-order chi connectivity index (χ0) is 13.8. The summed E-state index contributed by atoms with van der Waals surface area (Å²) in [6.07, 6.45) is 2.10. The molecule has 0 N–H and O–H groups in total. The highest BCUT2D eigenvalue weighted by Gasteiger charge is 2.24. The van der Waals surface area contributed by atoms with Crippen molar-refractivity contribution in [3.05, 3.63) is 33.4 Å². The number of hydrogen-bond donors (Lipinski definition) is 0. The van der Waals surface area contributed by atoms with E-state index in [4.69, 9.17) is 0 Å². The molecule has 0 spiro atoms. The number of sulfone groups is 1. The Morgan fingerprint density at radius 1 is 1.35 bits per heavy atom. The van der Waals surface area contributed by atoms with Gasteiger partial charge in [-0.1, -0.05) is 6.07 Å². The third-order valence-electron chi connectivity index (χ3n) is 3.41. The van der Waals surface area contributed by atoms with Crippen molar-refractivity contribution in [1.29, 1.82) is 0 Å². The molecule has 1 aliphatic rings. The number of aromatic nitrogens is 1. The van der Waals surface area contributed by atoms with E-state index in [1.165, 1.54) is 16.7 Å². The number of thiazole rings is 1. The summed E-state index contributed by atoms with van der Waals surface area (Å²) in [6.45, 7) is 0. The van der Waals surface area contributed by atoms with E-state index in [1.807, 2.05) is 17.7 Å². The molecule has 1 aromatic heterocycles. The van der Waals surface area contributed by atoms with E-state index in [2.05, 4.69) is 4.99 Å². The molecule has 108 valence electrons. The van der Waals surface area contributed by atoms with Crippen molar-refractivity contribution >= 4 is 33.6 Å². The van der Waals surface area contributed by atoms with Gasteiger partial charge in [-0.25, -0.2) is 8.42 Å². The van der Waals surface area contributed by atoms with Crippen LogP contribution in [0.3, 0.4) is 0 Å². The van der Waals surface area contributed by atoms with Crippen LogP contribution in [0.15, 0.2) is 28.1 Å². The molecule has 0 amide bonds. The molecule has 7 heteroatoms. The molecule has 0 atom stereocenters. The Kier molecular flexibility index (Phi) is 3.83. The maximum atomic E-state index is 11.7. The van der Waals surface area contributed by atoms with Gasteiger partial charge in [-0.2, -0.15) is 0 Å². The Labute approximate surface area is 128 Å². The predicted molar refractivity (Wildman–Crippen MR) is 83.4 cm³/mol. The molecule has 1 aliphatic carbocycles. The van der Waals surface area contributed by atoms with Gasteiger partial charge in [0.05, 0.1) is 10.6 Å². The summed E-state index contributed by atoms with van der Waals surface area (Å²) in [5, 5.41) is 0. The van der Waals surface area contributed by atoms with Crippen LogP contribution in [0.2, 0.25) is 0 Å². The van der Waals surface area contributed by atoms with E-state index >= 15 is 0 Å². The largest absolute Gasteiger partial charge is 0.320 e. The zero-order valence-corrected chi connectivity index (χ0v) is 13.8. The van der Waals surface area contributed by atoms with Crippen LogP contribution in [-0.2, 0) is 23.3 Å². The molecule has 0 saturated heterocycles. The summed E-state index contributed by atoms with van der Waals surface area (Å²) in [5.41, 5.74) is 3.31. The minimum absolute atomic E-state index is 0. The van der Waals surface area contributed by atoms with Crippen LogP contribution in [0.25, 0.3) is 11.3 Å². The summed E-state index contributed by atoms with van der Waals surface area (Å²) in [4.78, 5) is 6.83. The molecule has 0 radical (unpaired) electrons. The molecule has 4 nitrogen and oxygen atoms in total. The highest BCUT2D eigenvalue weighted by Crippen LogP contribution is 2.38. The molecule has 1 heterocycles. The van der Waals surface area contributed by atoms with Crippen molar-refractivity contribution in [3.63, 3.8) is 0 Å². The van der Waals surface area contributed by atoms with Gasteiger partial charge < -0.3 is 4.57 Å². The molecule has 20 heavy (non-hydrogen) atoms. The summed E-state index contributed by atoms with van der Waals surface area (Å²) >= 11 is 1.67. The fourth-order valence-corrected chi connectivity index (χ4v) is 4.25. The second-order valence-corrected chi connectivity index (χ2v) is 7.78. The van der Waals surface area contributed by atoms with Gasteiger partial charge in [0.1, 0.15) is 0 Å². The Morgan fingerprint density at radius 3 is 2.65 bits per heavy atom. The molecule has 2 aromatic rings. The average Bonchev–Trinajstić information content (AvgIpc) is 2.84. The van der Waals surface area contributed by atoms with Gasteiger partial charge >= 0.3 is 0 Å². The van der Waals surface area contributed by atoms with Crippen LogP contribution in [0, 0.1) is 0 Å². The van der Waals surface area contributed by atoms with E-state index in [0.29, 0.717) is 4.90 Å². The molecule has 0 unspecified atom stereocenters. The van der Waals surface area contributed by atoms with Crippen LogP contribution in [-0.4, -0.2) is 26.3 Å². The zero-order valence-electron chi connectivity index (χ0n) is 11.4. The van der Waals surface area contributed by atoms with Gasteiger partial charge in [-0.15, -0.1) is 23.7 Å². The highest BCUT2D eigenvalue weighted by atomic mass is 35.5. The van der Waals surface area contributed by atoms with E-state index < -0.39 is 9.84 Å². The number of fused-ring (bicyclic) bond motifs is 3. The molecule has 1 aromatic carbocycles. The van der Waals surface area contributed by atoms with Crippen molar-refractivity contribution in [2.75, 3.05) is 13.3 Å². The summed E-state index contributed by atoms with van der Waals surface area (Å²) < 4.78 is 25.4. The van der Waals surface area contributed by atoms with E-state index in [1.54, 1.807) is 30.5 Å². The quantitative estimate of drug-likeness (QED) is 0.685. The first kappa shape index (κ1) is 15.3. The molecule has 0 bridgehead atoms. The number of benzene rings is 1. The second-order valence-electron chi connectivity index (χ2n) is 4.71. The fraction of sp³-hybridized carbons (Fsp3) is 0.308. The normalized spacial score (nSPS) is 13.8. The third-order valence-corrected chi connectivity index (χ3v) is 5.74. The standard InChI is InChI=1S/C13H14N2O2S2.ClH/c1-14-13-15(2)12-10-7-9(19(3,16)17)5-4-8(10)6-11(12)18-13;/h4-5,7H,6H2,1-3H3;1H. The molecule has 0 aliphatic heterocycles. The van der Waals surface area contributed by atoms with Crippen LogP contribution in [0.4, 0.5) is 0 Å². The van der Waals surface area contributed by atoms with Gasteiger partial charge in [0.2, 0.25) is 0 Å². The van der Waals surface area contributed by atoms with Gasteiger partial charge in [0.15, 0.2) is 14.6 Å². The van der Waals surface area contributed by atoms with E-state index in [0.717, 1.165) is 22.5 Å². The van der Waals surface area contributed by atoms with Crippen LogP contribution in [0.1, 0.15) is 10.4 Å². The monoisotopic (exact) mass is 330 g/mol. The number of hydrogen-bond acceptors (Lipinski definition) is 4. The smallest absolute Gasteiger partial charge is 0.184 e. The van der Waals surface area contributed by atoms with Crippen molar-refractivity contribution in [3.8, 4) is 11.3 Å². The molecular formula is C13H15ClN2O2S2. The lowest BCUT2D eigenvalue weighted by atomic mass is 10.1. The Hall–Kier alpha value is -1.11. The topological polar surface area (TPSA) is 51.4 Å². The summed E-state index contributed by atoms with van der Waals surface area (Å²) in [5.74, 6) is 0. The first-order valence-corrected chi connectivity index (χ1v) is 8.57. The highest BCUT2D eigenvalue weighted by molar-refractivity contribution is 7.90. The minimum Gasteiger partial charge on any atom is -0.320 e. The summed E-state index contributed by atoms with van der Waals surface area (Å²) in [7, 11) is 0.577. The van der Waals surface area contributed by atoms with Gasteiger partial charge in [0.25, 0.3) is 0 Å². The first-order valence-electron chi connectivity index (χ1n) is 5.86. The average molecular weight is 331 g/mol.